The zero-order valence-corrected chi connectivity index (χ0v) is 11.8. The maximum Gasteiger partial charge on any atom is 0.231 e. The van der Waals surface area contributed by atoms with Crippen molar-refractivity contribution in [3.8, 4) is 11.9 Å². The molecule has 1 aromatic heterocycles. The summed E-state index contributed by atoms with van der Waals surface area (Å²) in [6.45, 7) is 1.75. The Hall–Kier alpha value is -1.60. The van der Waals surface area contributed by atoms with Gasteiger partial charge in [-0.1, -0.05) is 6.42 Å². The summed E-state index contributed by atoms with van der Waals surface area (Å²) < 4.78 is 5.78. The van der Waals surface area contributed by atoms with E-state index in [0.29, 0.717) is 24.1 Å². The number of nitriles is 1. The van der Waals surface area contributed by atoms with Crippen LogP contribution in [0.1, 0.15) is 48.9 Å². The van der Waals surface area contributed by atoms with Gasteiger partial charge in [-0.05, 0) is 56.7 Å². The fraction of sp³-hybridized carbons (Fsp3) is 0.625. The zero-order valence-electron chi connectivity index (χ0n) is 11.8. The van der Waals surface area contributed by atoms with Crippen molar-refractivity contribution in [2.24, 2.45) is 0 Å². The number of hydrogen-bond donors (Lipinski definition) is 1. The van der Waals surface area contributed by atoms with E-state index in [0.717, 1.165) is 37.9 Å². The van der Waals surface area contributed by atoms with Crippen LogP contribution in [0.5, 0.6) is 5.88 Å². The first-order chi connectivity index (χ1) is 9.86. The molecule has 2 aliphatic rings. The Labute approximate surface area is 120 Å². The SMILES string of the molecule is N#Cc1cc2c(nc1OCCC1CCCCN1)CCC2. The molecule has 4 heteroatoms. The van der Waals surface area contributed by atoms with Gasteiger partial charge < -0.3 is 10.1 Å². The summed E-state index contributed by atoms with van der Waals surface area (Å²) in [5.74, 6) is 0.531. The van der Waals surface area contributed by atoms with Crippen LogP contribution in [0.4, 0.5) is 0 Å². The van der Waals surface area contributed by atoms with Crippen molar-refractivity contribution in [3.05, 3.63) is 22.9 Å². The summed E-state index contributed by atoms with van der Waals surface area (Å²) in [6, 6.07) is 4.73. The number of ether oxygens (including phenoxy) is 1. The zero-order chi connectivity index (χ0) is 13.8. The van der Waals surface area contributed by atoms with Gasteiger partial charge in [-0.2, -0.15) is 5.26 Å². The van der Waals surface area contributed by atoms with Gasteiger partial charge in [0.2, 0.25) is 5.88 Å². The molecule has 4 nitrogen and oxygen atoms in total. The highest BCUT2D eigenvalue weighted by Crippen LogP contribution is 2.26. The van der Waals surface area contributed by atoms with Gasteiger partial charge in [0.05, 0.1) is 6.61 Å². The highest BCUT2D eigenvalue weighted by atomic mass is 16.5. The van der Waals surface area contributed by atoms with Gasteiger partial charge in [0.15, 0.2) is 0 Å². The average molecular weight is 271 g/mol. The molecule has 1 unspecified atom stereocenters. The second-order valence-electron chi connectivity index (χ2n) is 5.70. The Balaban J connectivity index is 1.60. The van der Waals surface area contributed by atoms with Gasteiger partial charge in [-0.15, -0.1) is 0 Å². The topological polar surface area (TPSA) is 57.9 Å². The predicted octanol–water partition coefficient (Wildman–Crippen LogP) is 2.35. The van der Waals surface area contributed by atoms with Crippen LogP contribution in [0.3, 0.4) is 0 Å². The third-order valence-corrected chi connectivity index (χ3v) is 4.25. The van der Waals surface area contributed by atoms with Gasteiger partial charge in [-0.25, -0.2) is 4.98 Å². The van der Waals surface area contributed by atoms with Crippen molar-refractivity contribution < 1.29 is 4.74 Å². The Morgan fingerprint density at radius 1 is 1.35 bits per heavy atom. The van der Waals surface area contributed by atoms with Crippen molar-refractivity contribution >= 4 is 0 Å². The van der Waals surface area contributed by atoms with E-state index in [1.807, 2.05) is 6.07 Å². The number of piperidine rings is 1. The molecule has 0 bridgehead atoms. The number of pyridine rings is 1. The van der Waals surface area contributed by atoms with Gasteiger partial charge in [0.1, 0.15) is 11.6 Å². The Kier molecular flexibility index (Phi) is 4.17. The number of fused-ring (bicyclic) bond motifs is 1. The minimum atomic E-state index is 0.531. The maximum atomic E-state index is 9.22. The van der Waals surface area contributed by atoms with Gasteiger partial charge in [0.25, 0.3) is 0 Å². The van der Waals surface area contributed by atoms with E-state index in [2.05, 4.69) is 16.4 Å². The van der Waals surface area contributed by atoms with E-state index in [-0.39, 0.29) is 0 Å². The van der Waals surface area contributed by atoms with E-state index < -0.39 is 0 Å². The number of hydrogen-bond acceptors (Lipinski definition) is 4. The fourth-order valence-electron chi connectivity index (χ4n) is 3.11. The minimum Gasteiger partial charge on any atom is -0.477 e. The van der Waals surface area contributed by atoms with Crippen LogP contribution < -0.4 is 10.1 Å². The summed E-state index contributed by atoms with van der Waals surface area (Å²) in [6.07, 6.45) is 8.00. The van der Waals surface area contributed by atoms with Crippen LogP contribution in [-0.2, 0) is 12.8 Å². The quantitative estimate of drug-likeness (QED) is 0.913. The third-order valence-electron chi connectivity index (χ3n) is 4.25. The molecule has 3 rings (SSSR count). The van der Waals surface area contributed by atoms with Gasteiger partial charge in [0, 0.05) is 11.7 Å². The highest BCUT2D eigenvalue weighted by molar-refractivity contribution is 5.44. The van der Waals surface area contributed by atoms with Crippen LogP contribution in [-0.4, -0.2) is 24.2 Å². The molecule has 0 aromatic carbocycles. The third kappa shape index (κ3) is 2.94. The lowest BCUT2D eigenvalue weighted by Crippen LogP contribution is -2.35. The van der Waals surface area contributed by atoms with Gasteiger partial charge in [-0.3, -0.25) is 0 Å². The summed E-state index contributed by atoms with van der Waals surface area (Å²) in [5, 5.41) is 12.7. The van der Waals surface area contributed by atoms with Crippen LogP contribution >= 0.6 is 0 Å². The monoisotopic (exact) mass is 271 g/mol. The second-order valence-corrected chi connectivity index (χ2v) is 5.70. The van der Waals surface area contributed by atoms with Crippen LogP contribution in [0.15, 0.2) is 6.07 Å². The molecule has 1 fully saturated rings. The lowest BCUT2D eigenvalue weighted by atomic mass is 10.0. The first kappa shape index (κ1) is 13.4. The van der Waals surface area contributed by atoms with E-state index >= 15 is 0 Å². The number of nitrogens with one attached hydrogen (secondary N) is 1. The largest absolute Gasteiger partial charge is 0.477 e. The standard InChI is InChI=1S/C16H21N3O/c17-11-13-10-12-4-3-6-15(12)19-16(13)20-9-7-14-5-1-2-8-18-14/h10,14,18H,1-9H2. The molecule has 20 heavy (non-hydrogen) atoms. The average Bonchev–Trinajstić information content (AvgIpc) is 2.94. The predicted molar refractivity (Wildman–Crippen MR) is 76.7 cm³/mol. The Morgan fingerprint density at radius 3 is 3.10 bits per heavy atom. The molecule has 1 aromatic rings. The summed E-state index contributed by atoms with van der Waals surface area (Å²) in [4.78, 5) is 4.54. The minimum absolute atomic E-state index is 0.531. The lowest BCUT2D eigenvalue weighted by molar-refractivity contribution is 0.259. The molecule has 0 amide bonds. The van der Waals surface area contributed by atoms with Crippen LogP contribution in [0, 0.1) is 11.3 Å². The number of rotatable bonds is 4. The molecule has 0 radical (unpaired) electrons. The Morgan fingerprint density at radius 2 is 2.30 bits per heavy atom. The van der Waals surface area contributed by atoms with Crippen molar-refractivity contribution in [2.45, 2.75) is 51.0 Å². The molecule has 0 saturated carbocycles. The fourth-order valence-corrected chi connectivity index (χ4v) is 3.11. The molecule has 1 aliphatic heterocycles. The smallest absolute Gasteiger partial charge is 0.231 e. The number of aryl methyl sites for hydroxylation is 2. The maximum absolute atomic E-state index is 9.22. The lowest BCUT2D eigenvalue weighted by Gasteiger charge is -2.23. The first-order valence-electron chi connectivity index (χ1n) is 7.66. The number of nitrogens with zero attached hydrogens (tertiary/aromatic N) is 2. The molecule has 1 aliphatic carbocycles. The highest BCUT2D eigenvalue weighted by Gasteiger charge is 2.18. The molecule has 2 heterocycles. The van der Waals surface area contributed by atoms with E-state index in [9.17, 15) is 5.26 Å². The van der Waals surface area contributed by atoms with Crippen molar-refractivity contribution in [2.75, 3.05) is 13.2 Å². The van der Waals surface area contributed by atoms with Crippen LogP contribution in [0.25, 0.3) is 0 Å². The van der Waals surface area contributed by atoms with Crippen molar-refractivity contribution in [1.82, 2.24) is 10.3 Å². The Bertz CT molecular complexity index is 515. The normalized spacial score (nSPS) is 21.2. The van der Waals surface area contributed by atoms with Crippen LogP contribution in [0.2, 0.25) is 0 Å². The summed E-state index contributed by atoms with van der Waals surface area (Å²) in [5.41, 5.74) is 2.93. The van der Waals surface area contributed by atoms with Gasteiger partial charge >= 0.3 is 0 Å². The van der Waals surface area contributed by atoms with E-state index in [1.54, 1.807) is 0 Å². The molecular weight excluding hydrogens is 250 g/mol. The summed E-state index contributed by atoms with van der Waals surface area (Å²) >= 11 is 0. The summed E-state index contributed by atoms with van der Waals surface area (Å²) in [7, 11) is 0. The molecular formula is C16H21N3O. The van der Waals surface area contributed by atoms with E-state index in [4.69, 9.17) is 4.74 Å². The van der Waals surface area contributed by atoms with Crippen molar-refractivity contribution in [3.63, 3.8) is 0 Å². The van der Waals surface area contributed by atoms with E-state index in [1.165, 1.54) is 24.8 Å². The number of aromatic nitrogens is 1. The molecule has 1 saturated heterocycles. The molecule has 1 atom stereocenters. The first-order valence-corrected chi connectivity index (χ1v) is 7.66. The molecule has 106 valence electrons. The second kappa shape index (κ2) is 6.23. The molecule has 1 N–H and O–H groups in total. The molecule has 0 spiro atoms. The van der Waals surface area contributed by atoms with Crippen molar-refractivity contribution in [1.29, 1.82) is 5.26 Å².